The van der Waals surface area contributed by atoms with Crippen LogP contribution in [0.25, 0.3) is 0 Å². The lowest BCUT2D eigenvalue weighted by Gasteiger charge is -2.18. The van der Waals surface area contributed by atoms with Gasteiger partial charge >= 0.3 is 5.97 Å². The first-order valence-corrected chi connectivity index (χ1v) is 5.31. The first kappa shape index (κ1) is 13.4. The molecule has 0 amide bonds. The van der Waals surface area contributed by atoms with Crippen molar-refractivity contribution in [2.45, 2.75) is 6.42 Å². The summed E-state index contributed by atoms with van der Waals surface area (Å²) in [4.78, 5) is 16.2. The summed E-state index contributed by atoms with van der Waals surface area (Å²) < 4.78 is 13.8. The lowest BCUT2D eigenvalue weighted by Crippen LogP contribution is -2.24. The Labute approximate surface area is 99.3 Å². The fraction of sp³-hybridized carbons (Fsp3) is 0.455. The molecule has 0 aliphatic carbocycles. The number of aromatic carboxylic acids is 1. The van der Waals surface area contributed by atoms with Crippen LogP contribution in [0.1, 0.15) is 16.8 Å². The Morgan fingerprint density at radius 2 is 2.35 bits per heavy atom. The Morgan fingerprint density at radius 3 is 2.94 bits per heavy atom. The second kappa shape index (κ2) is 6.15. The Kier molecular flexibility index (Phi) is 4.84. The highest BCUT2D eigenvalue weighted by Gasteiger charge is 2.17. The van der Waals surface area contributed by atoms with E-state index in [0.717, 1.165) is 19.0 Å². The van der Waals surface area contributed by atoms with Crippen LogP contribution >= 0.6 is 0 Å². The van der Waals surface area contributed by atoms with Crippen LogP contribution in [0, 0.1) is 5.82 Å². The molecule has 6 heteroatoms. The number of carbonyl (C=O) groups is 1. The number of carboxylic acids is 1. The van der Waals surface area contributed by atoms with Gasteiger partial charge in [-0.15, -0.1) is 0 Å². The van der Waals surface area contributed by atoms with Crippen molar-refractivity contribution in [2.75, 3.05) is 32.1 Å². The van der Waals surface area contributed by atoms with Crippen molar-refractivity contribution < 1.29 is 14.3 Å². The van der Waals surface area contributed by atoms with Crippen LogP contribution in [0.2, 0.25) is 0 Å². The van der Waals surface area contributed by atoms with E-state index in [9.17, 15) is 9.18 Å². The fourth-order valence-electron chi connectivity index (χ4n) is 1.46. The predicted octanol–water partition coefficient (Wildman–Crippen LogP) is 0.965. The second-order valence-electron chi connectivity index (χ2n) is 3.68. The number of pyridine rings is 1. The minimum Gasteiger partial charge on any atom is -0.478 e. The molecule has 0 unspecified atom stereocenters. The Balaban J connectivity index is 2.83. The van der Waals surface area contributed by atoms with Crippen LogP contribution in [0.4, 0.5) is 10.2 Å². The molecule has 0 spiro atoms. The molecule has 0 bridgehead atoms. The standard InChI is InChI=1S/C11H16FN3O2/c1-13-5-3-7-15(2)10-9(12)8(11(16)17)4-6-14-10/h4,6,13H,3,5,7H2,1-2H3,(H,16,17). The molecule has 0 aromatic carbocycles. The first-order chi connectivity index (χ1) is 8.07. The molecular formula is C11H16FN3O2. The van der Waals surface area contributed by atoms with E-state index < -0.39 is 11.8 Å². The number of carboxylic acid groups (broad SMARTS) is 1. The van der Waals surface area contributed by atoms with Crippen molar-refractivity contribution in [3.63, 3.8) is 0 Å². The van der Waals surface area contributed by atoms with Gasteiger partial charge in [-0.3, -0.25) is 0 Å². The molecule has 5 nitrogen and oxygen atoms in total. The molecule has 0 radical (unpaired) electrons. The minimum absolute atomic E-state index is 0.0704. The predicted molar refractivity (Wildman–Crippen MR) is 63.0 cm³/mol. The van der Waals surface area contributed by atoms with Crippen molar-refractivity contribution >= 4 is 11.8 Å². The van der Waals surface area contributed by atoms with Crippen molar-refractivity contribution in [2.24, 2.45) is 0 Å². The molecular weight excluding hydrogens is 225 g/mol. The average molecular weight is 241 g/mol. The van der Waals surface area contributed by atoms with E-state index in [0.29, 0.717) is 6.54 Å². The highest BCUT2D eigenvalue weighted by molar-refractivity contribution is 5.88. The van der Waals surface area contributed by atoms with Crippen LogP contribution in [0.15, 0.2) is 12.3 Å². The van der Waals surface area contributed by atoms with E-state index in [1.54, 1.807) is 11.9 Å². The molecule has 0 aliphatic rings. The number of hydrogen-bond acceptors (Lipinski definition) is 4. The molecule has 1 rings (SSSR count). The third-order valence-electron chi connectivity index (χ3n) is 2.38. The second-order valence-corrected chi connectivity index (χ2v) is 3.68. The van der Waals surface area contributed by atoms with Gasteiger partial charge in [0.15, 0.2) is 11.6 Å². The topological polar surface area (TPSA) is 65.5 Å². The van der Waals surface area contributed by atoms with Crippen molar-refractivity contribution in [1.29, 1.82) is 0 Å². The molecule has 0 atom stereocenters. The quantitative estimate of drug-likeness (QED) is 0.726. The molecule has 1 heterocycles. The summed E-state index contributed by atoms with van der Waals surface area (Å²) in [6.45, 7) is 1.42. The van der Waals surface area contributed by atoms with Crippen LogP contribution in [0.5, 0.6) is 0 Å². The van der Waals surface area contributed by atoms with Gasteiger partial charge in [0.2, 0.25) is 0 Å². The molecule has 1 aromatic heterocycles. The monoisotopic (exact) mass is 241 g/mol. The van der Waals surface area contributed by atoms with Crippen LogP contribution in [-0.2, 0) is 0 Å². The Hall–Kier alpha value is -1.69. The van der Waals surface area contributed by atoms with E-state index in [1.165, 1.54) is 6.20 Å². The van der Waals surface area contributed by atoms with E-state index in [2.05, 4.69) is 10.3 Å². The summed E-state index contributed by atoms with van der Waals surface area (Å²) in [5.41, 5.74) is -0.351. The third-order valence-corrected chi connectivity index (χ3v) is 2.38. The van der Waals surface area contributed by atoms with E-state index in [-0.39, 0.29) is 11.4 Å². The zero-order valence-corrected chi connectivity index (χ0v) is 9.90. The zero-order chi connectivity index (χ0) is 12.8. The summed E-state index contributed by atoms with van der Waals surface area (Å²) >= 11 is 0. The molecule has 0 aliphatic heterocycles. The lowest BCUT2D eigenvalue weighted by atomic mass is 10.2. The van der Waals surface area contributed by atoms with Crippen LogP contribution in [0.3, 0.4) is 0 Å². The van der Waals surface area contributed by atoms with Gasteiger partial charge in [-0.05, 0) is 26.1 Å². The number of halogens is 1. The van der Waals surface area contributed by atoms with Gasteiger partial charge in [0.1, 0.15) is 5.56 Å². The molecule has 0 saturated carbocycles. The van der Waals surface area contributed by atoms with Crippen molar-refractivity contribution in [1.82, 2.24) is 10.3 Å². The summed E-state index contributed by atoms with van der Waals surface area (Å²) in [6, 6.07) is 1.16. The van der Waals surface area contributed by atoms with Gasteiger partial charge in [-0.2, -0.15) is 0 Å². The number of hydrogen-bond donors (Lipinski definition) is 2. The first-order valence-electron chi connectivity index (χ1n) is 5.31. The van der Waals surface area contributed by atoms with Crippen LogP contribution in [-0.4, -0.2) is 43.2 Å². The molecule has 1 aromatic rings. The van der Waals surface area contributed by atoms with Gasteiger partial charge in [-0.25, -0.2) is 14.2 Å². The number of anilines is 1. The highest BCUT2D eigenvalue weighted by Crippen LogP contribution is 2.18. The van der Waals surface area contributed by atoms with E-state index >= 15 is 0 Å². The fourth-order valence-corrected chi connectivity index (χ4v) is 1.46. The molecule has 94 valence electrons. The maximum atomic E-state index is 13.8. The van der Waals surface area contributed by atoms with Crippen molar-refractivity contribution in [3.8, 4) is 0 Å². The maximum absolute atomic E-state index is 13.8. The summed E-state index contributed by atoms with van der Waals surface area (Å²) in [6.07, 6.45) is 2.13. The normalized spacial score (nSPS) is 10.3. The minimum atomic E-state index is -1.28. The van der Waals surface area contributed by atoms with E-state index in [1.807, 2.05) is 7.05 Å². The summed E-state index contributed by atoms with van der Waals surface area (Å²) in [5, 5.41) is 11.8. The van der Waals surface area contributed by atoms with Gasteiger partial charge in [0.05, 0.1) is 0 Å². The number of nitrogens with one attached hydrogen (secondary N) is 1. The number of aromatic nitrogens is 1. The zero-order valence-electron chi connectivity index (χ0n) is 9.90. The highest BCUT2D eigenvalue weighted by atomic mass is 19.1. The van der Waals surface area contributed by atoms with Gasteiger partial charge in [-0.1, -0.05) is 0 Å². The SMILES string of the molecule is CNCCCN(C)c1nccc(C(=O)O)c1F. The Bertz CT molecular complexity index is 398. The van der Waals surface area contributed by atoms with Crippen molar-refractivity contribution in [3.05, 3.63) is 23.6 Å². The number of rotatable bonds is 6. The summed E-state index contributed by atoms with van der Waals surface area (Å²) in [7, 11) is 3.52. The summed E-state index contributed by atoms with van der Waals surface area (Å²) in [5.74, 6) is -2.00. The van der Waals surface area contributed by atoms with Gasteiger partial charge < -0.3 is 15.3 Å². The molecule has 17 heavy (non-hydrogen) atoms. The maximum Gasteiger partial charge on any atom is 0.338 e. The molecule has 0 fully saturated rings. The van der Waals surface area contributed by atoms with Gasteiger partial charge in [0.25, 0.3) is 0 Å². The van der Waals surface area contributed by atoms with Gasteiger partial charge in [0, 0.05) is 19.8 Å². The van der Waals surface area contributed by atoms with E-state index in [4.69, 9.17) is 5.11 Å². The number of nitrogens with zero attached hydrogens (tertiary/aromatic N) is 2. The molecule has 0 saturated heterocycles. The smallest absolute Gasteiger partial charge is 0.338 e. The average Bonchev–Trinajstić information content (AvgIpc) is 2.29. The molecule has 2 N–H and O–H groups in total. The Morgan fingerprint density at radius 1 is 1.65 bits per heavy atom. The third kappa shape index (κ3) is 3.39. The largest absolute Gasteiger partial charge is 0.478 e. The lowest BCUT2D eigenvalue weighted by molar-refractivity contribution is 0.0692. The van der Waals surface area contributed by atoms with Crippen LogP contribution < -0.4 is 10.2 Å².